The molecule has 0 spiro atoms. The van der Waals surface area contributed by atoms with Crippen molar-refractivity contribution in [1.82, 2.24) is 14.9 Å². The third-order valence-corrected chi connectivity index (χ3v) is 6.43. The lowest BCUT2D eigenvalue weighted by Crippen LogP contribution is -2.46. The first-order valence-electron chi connectivity index (χ1n) is 10.5. The number of amides is 1. The molecule has 1 fully saturated rings. The van der Waals surface area contributed by atoms with E-state index < -0.39 is 0 Å². The van der Waals surface area contributed by atoms with E-state index in [9.17, 15) is 9.18 Å². The largest absolute Gasteiger partial charge is 0.354 e. The quantitative estimate of drug-likeness (QED) is 0.491. The van der Waals surface area contributed by atoms with Crippen LogP contribution in [-0.4, -0.2) is 47.0 Å². The molecule has 0 unspecified atom stereocenters. The molecule has 0 bridgehead atoms. The predicted molar refractivity (Wildman–Crippen MR) is 126 cm³/mol. The van der Waals surface area contributed by atoms with Gasteiger partial charge in [0, 0.05) is 55.3 Å². The first kappa shape index (κ1) is 20.5. The molecule has 162 valence electrons. The van der Waals surface area contributed by atoms with Crippen LogP contribution in [0.25, 0.3) is 10.8 Å². The third-order valence-electron chi connectivity index (χ3n) is 5.62. The van der Waals surface area contributed by atoms with Gasteiger partial charge in [0.15, 0.2) is 5.13 Å². The Balaban J connectivity index is 1.21. The average molecular weight is 448 g/mol. The van der Waals surface area contributed by atoms with Crippen LogP contribution in [0.5, 0.6) is 0 Å². The zero-order valence-electron chi connectivity index (χ0n) is 17.4. The topological polar surface area (TPSA) is 61.4 Å². The average Bonchev–Trinajstić information content (AvgIpc) is 3.27. The smallest absolute Gasteiger partial charge is 0.258 e. The third kappa shape index (κ3) is 4.32. The van der Waals surface area contributed by atoms with Crippen LogP contribution in [0.3, 0.4) is 0 Å². The van der Waals surface area contributed by atoms with Crippen molar-refractivity contribution < 1.29 is 9.18 Å². The summed E-state index contributed by atoms with van der Waals surface area (Å²) in [5, 5.41) is 6.41. The summed E-state index contributed by atoms with van der Waals surface area (Å²) in [5.74, 6) is 0.391. The number of anilines is 2. The van der Waals surface area contributed by atoms with Gasteiger partial charge >= 0.3 is 0 Å². The Labute approximate surface area is 189 Å². The van der Waals surface area contributed by atoms with Crippen LogP contribution in [0.2, 0.25) is 0 Å². The summed E-state index contributed by atoms with van der Waals surface area (Å²) in [5.41, 5.74) is 1.37. The summed E-state index contributed by atoms with van der Waals surface area (Å²) >= 11 is 1.40. The van der Waals surface area contributed by atoms with Gasteiger partial charge in [-0.25, -0.2) is 14.4 Å². The number of fused-ring (bicyclic) bond motifs is 1. The predicted octanol–water partition coefficient (Wildman–Crippen LogP) is 4.40. The van der Waals surface area contributed by atoms with Gasteiger partial charge in [0.1, 0.15) is 11.6 Å². The molecular formula is C24H22FN5OS. The second-order valence-electron chi connectivity index (χ2n) is 7.69. The Morgan fingerprint density at radius 2 is 1.78 bits per heavy atom. The fraction of sp³-hybridized carbons (Fsp3) is 0.208. The highest BCUT2D eigenvalue weighted by Crippen LogP contribution is 2.24. The molecule has 1 amide bonds. The van der Waals surface area contributed by atoms with Crippen molar-refractivity contribution in [1.29, 1.82) is 0 Å². The molecule has 1 aliphatic rings. The number of benzene rings is 2. The van der Waals surface area contributed by atoms with Gasteiger partial charge in [0.25, 0.3) is 5.91 Å². The van der Waals surface area contributed by atoms with E-state index in [2.05, 4.69) is 25.1 Å². The molecule has 1 aliphatic heterocycles. The number of piperazine rings is 1. The Morgan fingerprint density at radius 3 is 2.56 bits per heavy atom. The van der Waals surface area contributed by atoms with Crippen LogP contribution in [0.15, 0.2) is 66.2 Å². The molecule has 32 heavy (non-hydrogen) atoms. The standard InChI is InChI=1S/C24H22FN5OS/c25-21-9-8-20(18-5-1-2-6-19(18)21)23(31)28-24-27-17(16-32-24)15-29-11-13-30(14-12-29)22-7-3-4-10-26-22/h1-10,16H,11-15H2,(H,27,28,31). The number of nitrogens with zero attached hydrogens (tertiary/aromatic N) is 4. The molecule has 0 radical (unpaired) electrons. The van der Waals surface area contributed by atoms with E-state index >= 15 is 0 Å². The number of thiazole rings is 1. The van der Waals surface area contributed by atoms with Gasteiger partial charge in [-0.3, -0.25) is 15.0 Å². The highest BCUT2D eigenvalue weighted by molar-refractivity contribution is 7.14. The van der Waals surface area contributed by atoms with Crippen LogP contribution in [0, 0.1) is 5.82 Å². The van der Waals surface area contributed by atoms with E-state index in [1.165, 1.54) is 23.5 Å². The number of carbonyl (C=O) groups excluding carboxylic acids is 1. The molecule has 4 aromatic rings. The number of rotatable bonds is 5. The summed E-state index contributed by atoms with van der Waals surface area (Å²) in [4.78, 5) is 26.5. The summed E-state index contributed by atoms with van der Waals surface area (Å²) < 4.78 is 14.1. The normalized spacial score (nSPS) is 14.6. The van der Waals surface area contributed by atoms with Gasteiger partial charge in [-0.05, 0) is 29.7 Å². The van der Waals surface area contributed by atoms with Gasteiger partial charge < -0.3 is 4.90 Å². The number of nitrogens with one attached hydrogen (secondary N) is 1. The van der Waals surface area contributed by atoms with E-state index in [-0.39, 0.29) is 11.7 Å². The Hall–Kier alpha value is -3.36. The summed E-state index contributed by atoms with van der Waals surface area (Å²) in [6.07, 6.45) is 1.82. The summed E-state index contributed by atoms with van der Waals surface area (Å²) in [6, 6.07) is 15.8. The number of halogens is 1. The lowest BCUT2D eigenvalue weighted by atomic mass is 10.0. The zero-order valence-corrected chi connectivity index (χ0v) is 18.2. The molecule has 0 aliphatic carbocycles. The Kier molecular flexibility index (Phi) is 5.79. The maximum absolute atomic E-state index is 14.1. The maximum atomic E-state index is 14.1. The molecule has 5 rings (SSSR count). The summed E-state index contributed by atoms with van der Waals surface area (Å²) in [7, 11) is 0. The molecule has 3 heterocycles. The van der Waals surface area contributed by atoms with Gasteiger partial charge in [-0.2, -0.15) is 0 Å². The first-order chi connectivity index (χ1) is 15.7. The molecule has 6 nitrogen and oxygen atoms in total. The number of pyridine rings is 1. The van der Waals surface area contributed by atoms with E-state index in [4.69, 9.17) is 0 Å². The van der Waals surface area contributed by atoms with Crippen LogP contribution < -0.4 is 10.2 Å². The molecular weight excluding hydrogens is 425 g/mol. The molecule has 0 atom stereocenters. The minimum absolute atomic E-state index is 0.286. The van der Waals surface area contributed by atoms with E-state index in [1.54, 1.807) is 24.3 Å². The van der Waals surface area contributed by atoms with Crippen LogP contribution in [0.1, 0.15) is 16.1 Å². The molecule has 0 saturated carbocycles. The second kappa shape index (κ2) is 9.02. The zero-order chi connectivity index (χ0) is 21.9. The minimum Gasteiger partial charge on any atom is -0.354 e. The van der Waals surface area contributed by atoms with Crippen LogP contribution in [0.4, 0.5) is 15.3 Å². The molecule has 1 N–H and O–H groups in total. The van der Waals surface area contributed by atoms with Gasteiger partial charge in [0.05, 0.1) is 5.69 Å². The Morgan fingerprint density at radius 1 is 1.00 bits per heavy atom. The maximum Gasteiger partial charge on any atom is 0.258 e. The second-order valence-corrected chi connectivity index (χ2v) is 8.55. The molecule has 2 aromatic carbocycles. The highest BCUT2D eigenvalue weighted by atomic mass is 32.1. The number of aromatic nitrogens is 2. The van der Waals surface area contributed by atoms with E-state index in [0.29, 0.717) is 21.5 Å². The lowest BCUT2D eigenvalue weighted by Gasteiger charge is -2.35. The minimum atomic E-state index is -0.336. The van der Waals surface area contributed by atoms with Crippen molar-refractivity contribution in [3.05, 3.63) is 83.2 Å². The van der Waals surface area contributed by atoms with Crippen molar-refractivity contribution in [2.45, 2.75) is 6.54 Å². The van der Waals surface area contributed by atoms with Crippen molar-refractivity contribution in [2.75, 3.05) is 36.4 Å². The van der Waals surface area contributed by atoms with Gasteiger partial charge in [-0.15, -0.1) is 11.3 Å². The van der Waals surface area contributed by atoms with Crippen LogP contribution in [-0.2, 0) is 6.54 Å². The van der Waals surface area contributed by atoms with Crippen molar-refractivity contribution in [2.24, 2.45) is 0 Å². The monoisotopic (exact) mass is 447 g/mol. The fourth-order valence-corrected chi connectivity index (χ4v) is 4.66. The van der Waals surface area contributed by atoms with Crippen molar-refractivity contribution in [3.63, 3.8) is 0 Å². The van der Waals surface area contributed by atoms with Crippen LogP contribution >= 0.6 is 11.3 Å². The van der Waals surface area contributed by atoms with Gasteiger partial charge in [0.2, 0.25) is 0 Å². The molecule has 1 saturated heterocycles. The lowest BCUT2D eigenvalue weighted by molar-refractivity contribution is 0.102. The molecule has 2 aromatic heterocycles. The Bertz CT molecular complexity index is 1240. The summed E-state index contributed by atoms with van der Waals surface area (Å²) in [6.45, 7) is 4.43. The number of hydrogen-bond donors (Lipinski definition) is 1. The van der Waals surface area contributed by atoms with Crippen molar-refractivity contribution >= 4 is 39.0 Å². The van der Waals surface area contributed by atoms with E-state index in [0.717, 1.165) is 44.2 Å². The number of carbonyl (C=O) groups is 1. The van der Waals surface area contributed by atoms with Gasteiger partial charge in [-0.1, -0.05) is 30.3 Å². The SMILES string of the molecule is O=C(Nc1nc(CN2CCN(c3ccccn3)CC2)cs1)c1ccc(F)c2ccccc12. The highest BCUT2D eigenvalue weighted by Gasteiger charge is 2.19. The fourth-order valence-electron chi connectivity index (χ4n) is 3.97. The van der Waals surface area contributed by atoms with E-state index in [1.807, 2.05) is 29.8 Å². The number of hydrogen-bond acceptors (Lipinski definition) is 6. The first-order valence-corrected chi connectivity index (χ1v) is 11.4. The van der Waals surface area contributed by atoms with Crippen molar-refractivity contribution in [3.8, 4) is 0 Å². The molecule has 8 heteroatoms.